The van der Waals surface area contributed by atoms with E-state index >= 15 is 0 Å². The minimum atomic E-state index is -0.254. The van der Waals surface area contributed by atoms with E-state index in [4.69, 9.17) is 27.9 Å². The number of benzene rings is 1. The SMILES string of the molecule is CCOCc1nc(-c2cc(Cl)ccc2Cl)cc(=O)[nH]1. The predicted molar refractivity (Wildman–Crippen MR) is 75.6 cm³/mol. The Hall–Kier alpha value is -1.36. The third-order valence-electron chi connectivity index (χ3n) is 2.44. The Morgan fingerprint density at radius 1 is 1.32 bits per heavy atom. The summed E-state index contributed by atoms with van der Waals surface area (Å²) in [5, 5.41) is 1.03. The average Bonchev–Trinajstić information content (AvgIpc) is 2.38. The molecule has 0 saturated heterocycles. The van der Waals surface area contributed by atoms with E-state index < -0.39 is 0 Å². The first-order chi connectivity index (χ1) is 9.10. The van der Waals surface area contributed by atoms with Gasteiger partial charge in [-0.1, -0.05) is 23.2 Å². The van der Waals surface area contributed by atoms with Gasteiger partial charge in [-0.2, -0.15) is 0 Å². The molecule has 0 bridgehead atoms. The molecule has 0 aliphatic carbocycles. The van der Waals surface area contributed by atoms with Crippen LogP contribution < -0.4 is 5.56 Å². The van der Waals surface area contributed by atoms with Crippen molar-refractivity contribution in [2.24, 2.45) is 0 Å². The van der Waals surface area contributed by atoms with Gasteiger partial charge in [-0.15, -0.1) is 0 Å². The van der Waals surface area contributed by atoms with Crippen LogP contribution in [0.15, 0.2) is 29.1 Å². The summed E-state index contributed by atoms with van der Waals surface area (Å²) in [5.41, 5.74) is 0.847. The summed E-state index contributed by atoms with van der Waals surface area (Å²) in [6.45, 7) is 2.67. The lowest BCUT2D eigenvalue weighted by atomic mass is 10.1. The van der Waals surface area contributed by atoms with E-state index in [1.807, 2.05) is 6.92 Å². The third-order valence-corrected chi connectivity index (χ3v) is 3.00. The summed E-state index contributed by atoms with van der Waals surface area (Å²) in [6, 6.07) is 6.41. The van der Waals surface area contributed by atoms with E-state index in [0.717, 1.165) is 0 Å². The first-order valence-electron chi connectivity index (χ1n) is 5.73. The van der Waals surface area contributed by atoms with Crippen LogP contribution >= 0.6 is 23.2 Å². The number of ether oxygens (including phenoxy) is 1. The molecule has 1 N–H and O–H groups in total. The first-order valence-corrected chi connectivity index (χ1v) is 6.49. The Balaban J connectivity index is 2.46. The minimum Gasteiger partial charge on any atom is -0.374 e. The van der Waals surface area contributed by atoms with Crippen molar-refractivity contribution in [1.29, 1.82) is 0 Å². The fourth-order valence-corrected chi connectivity index (χ4v) is 1.99. The molecule has 1 aromatic carbocycles. The molecule has 6 heteroatoms. The van der Waals surface area contributed by atoms with Crippen molar-refractivity contribution >= 4 is 23.2 Å². The van der Waals surface area contributed by atoms with Crippen molar-refractivity contribution in [3.8, 4) is 11.3 Å². The summed E-state index contributed by atoms with van der Waals surface area (Å²) in [6.07, 6.45) is 0. The first kappa shape index (κ1) is 14.1. The van der Waals surface area contributed by atoms with Crippen LogP contribution in [0, 0.1) is 0 Å². The number of hydrogen-bond donors (Lipinski definition) is 1. The highest BCUT2D eigenvalue weighted by Crippen LogP contribution is 2.28. The highest BCUT2D eigenvalue weighted by atomic mass is 35.5. The van der Waals surface area contributed by atoms with E-state index in [-0.39, 0.29) is 12.2 Å². The van der Waals surface area contributed by atoms with Gasteiger partial charge in [0.05, 0.1) is 10.7 Å². The van der Waals surface area contributed by atoms with Gasteiger partial charge in [0.25, 0.3) is 5.56 Å². The maximum absolute atomic E-state index is 11.6. The van der Waals surface area contributed by atoms with Gasteiger partial charge in [0.2, 0.25) is 0 Å². The Morgan fingerprint density at radius 3 is 2.84 bits per heavy atom. The van der Waals surface area contributed by atoms with E-state index in [9.17, 15) is 4.79 Å². The molecule has 19 heavy (non-hydrogen) atoms. The maximum atomic E-state index is 11.6. The highest BCUT2D eigenvalue weighted by molar-refractivity contribution is 6.35. The van der Waals surface area contributed by atoms with E-state index in [2.05, 4.69) is 9.97 Å². The molecule has 0 unspecified atom stereocenters. The standard InChI is InChI=1S/C13H12Cl2N2O2/c1-2-19-7-12-16-11(6-13(18)17-12)9-5-8(14)3-4-10(9)15/h3-6H,2,7H2,1H3,(H,16,17,18). The van der Waals surface area contributed by atoms with Gasteiger partial charge in [-0.05, 0) is 25.1 Å². The molecule has 0 atom stereocenters. The molecule has 1 heterocycles. The van der Waals surface area contributed by atoms with Crippen LogP contribution in [0.5, 0.6) is 0 Å². The van der Waals surface area contributed by atoms with Crippen molar-refractivity contribution in [2.45, 2.75) is 13.5 Å². The van der Waals surface area contributed by atoms with E-state index in [0.29, 0.717) is 33.7 Å². The minimum absolute atomic E-state index is 0.248. The fraction of sp³-hybridized carbons (Fsp3) is 0.231. The summed E-state index contributed by atoms with van der Waals surface area (Å²) >= 11 is 12.0. The zero-order chi connectivity index (χ0) is 13.8. The number of nitrogens with zero attached hydrogens (tertiary/aromatic N) is 1. The van der Waals surface area contributed by atoms with Crippen LogP contribution in [0.3, 0.4) is 0 Å². The quantitative estimate of drug-likeness (QED) is 0.942. The number of aromatic amines is 1. The number of H-pyrrole nitrogens is 1. The predicted octanol–water partition coefficient (Wildman–Crippen LogP) is 3.28. The van der Waals surface area contributed by atoms with Gasteiger partial charge in [-0.3, -0.25) is 4.79 Å². The van der Waals surface area contributed by atoms with Gasteiger partial charge in [-0.25, -0.2) is 4.98 Å². The molecule has 4 nitrogen and oxygen atoms in total. The van der Waals surface area contributed by atoms with Gasteiger partial charge < -0.3 is 9.72 Å². The van der Waals surface area contributed by atoms with Crippen molar-refractivity contribution in [2.75, 3.05) is 6.61 Å². The monoisotopic (exact) mass is 298 g/mol. The van der Waals surface area contributed by atoms with Crippen LogP contribution in [-0.4, -0.2) is 16.6 Å². The highest BCUT2D eigenvalue weighted by Gasteiger charge is 2.08. The van der Waals surface area contributed by atoms with Gasteiger partial charge in [0.1, 0.15) is 12.4 Å². The molecule has 0 amide bonds. The molecule has 0 aliphatic heterocycles. The lowest BCUT2D eigenvalue weighted by molar-refractivity contribution is 0.128. The smallest absolute Gasteiger partial charge is 0.251 e. The van der Waals surface area contributed by atoms with Gasteiger partial charge >= 0.3 is 0 Å². The van der Waals surface area contributed by atoms with Crippen LogP contribution in [0.2, 0.25) is 10.0 Å². The normalized spacial score (nSPS) is 10.7. The fourth-order valence-electron chi connectivity index (χ4n) is 1.61. The van der Waals surface area contributed by atoms with Crippen LogP contribution in [-0.2, 0) is 11.3 Å². The summed E-state index contributed by atoms with van der Waals surface area (Å²) in [7, 11) is 0. The van der Waals surface area contributed by atoms with Crippen molar-refractivity contribution in [3.05, 3.63) is 50.5 Å². The second-order valence-corrected chi connectivity index (χ2v) is 4.68. The molecule has 2 rings (SSSR count). The number of hydrogen-bond acceptors (Lipinski definition) is 3. The topological polar surface area (TPSA) is 55.0 Å². The van der Waals surface area contributed by atoms with E-state index in [1.165, 1.54) is 6.07 Å². The second-order valence-electron chi connectivity index (χ2n) is 3.84. The molecule has 0 aliphatic rings. The van der Waals surface area contributed by atoms with Crippen molar-refractivity contribution in [3.63, 3.8) is 0 Å². The Kier molecular flexibility index (Phi) is 4.58. The Labute approximate surface area is 120 Å². The largest absolute Gasteiger partial charge is 0.374 e. The van der Waals surface area contributed by atoms with Crippen LogP contribution in [0.1, 0.15) is 12.7 Å². The zero-order valence-electron chi connectivity index (χ0n) is 10.2. The summed E-state index contributed by atoms with van der Waals surface area (Å²) in [5.74, 6) is 0.459. The molecule has 0 fully saturated rings. The van der Waals surface area contributed by atoms with Crippen molar-refractivity contribution in [1.82, 2.24) is 9.97 Å². The van der Waals surface area contributed by atoms with Crippen LogP contribution in [0.4, 0.5) is 0 Å². The van der Waals surface area contributed by atoms with Crippen molar-refractivity contribution < 1.29 is 4.74 Å². The zero-order valence-corrected chi connectivity index (χ0v) is 11.8. The maximum Gasteiger partial charge on any atom is 0.251 e. The van der Waals surface area contributed by atoms with Gasteiger partial charge in [0, 0.05) is 23.3 Å². The van der Waals surface area contributed by atoms with Crippen LogP contribution in [0.25, 0.3) is 11.3 Å². The Morgan fingerprint density at radius 2 is 2.11 bits per heavy atom. The molecule has 0 saturated carbocycles. The second kappa shape index (κ2) is 6.19. The molecule has 0 radical (unpaired) electrons. The number of nitrogens with one attached hydrogen (secondary N) is 1. The lowest BCUT2D eigenvalue weighted by Crippen LogP contribution is -2.12. The number of halogens is 2. The third kappa shape index (κ3) is 3.56. The van der Waals surface area contributed by atoms with E-state index in [1.54, 1.807) is 18.2 Å². The molecular weight excluding hydrogens is 287 g/mol. The Bertz CT molecular complexity index is 641. The average molecular weight is 299 g/mol. The molecule has 100 valence electrons. The summed E-state index contributed by atoms with van der Waals surface area (Å²) in [4.78, 5) is 18.6. The van der Waals surface area contributed by atoms with Gasteiger partial charge in [0.15, 0.2) is 0 Å². The summed E-state index contributed by atoms with van der Waals surface area (Å²) < 4.78 is 5.23. The molecule has 0 spiro atoms. The lowest BCUT2D eigenvalue weighted by Gasteiger charge is -2.06. The number of rotatable bonds is 4. The molecule has 2 aromatic rings. The molecular formula is C13H12Cl2N2O2. The molecule has 1 aromatic heterocycles. The number of aromatic nitrogens is 2.